The molecule has 0 spiro atoms. The molecule has 1 amide bonds. The van der Waals surface area contributed by atoms with Gasteiger partial charge < -0.3 is 10.8 Å². The first-order valence-corrected chi connectivity index (χ1v) is 3.31. The molecule has 5 nitrogen and oxygen atoms in total. The summed E-state index contributed by atoms with van der Waals surface area (Å²) in [6.07, 6.45) is 0.272. The number of hydrogen-bond donors (Lipinski definition) is 3. The lowest BCUT2D eigenvalue weighted by Gasteiger charge is -2.03. The average molecular weight is 167 g/mol. The molecular weight excluding hydrogens is 158 g/mol. The first-order chi connectivity index (χ1) is 5.59. The van der Waals surface area contributed by atoms with Gasteiger partial charge in [-0.3, -0.25) is 5.32 Å². The van der Waals surface area contributed by atoms with E-state index in [1.807, 2.05) is 0 Å². The lowest BCUT2D eigenvalue weighted by molar-refractivity contribution is 0.209. The van der Waals surface area contributed by atoms with Crippen molar-refractivity contribution in [3.8, 4) is 0 Å². The third-order valence-electron chi connectivity index (χ3n) is 1.32. The second kappa shape index (κ2) is 3.08. The Morgan fingerprint density at radius 3 is 2.92 bits per heavy atom. The number of nitrogens with zero attached hydrogens (tertiary/aromatic N) is 1. The first kappa shape index (κ1) is 8.32. The molecular formula is C7H9N3O2. The SMILES string of the molecule is Cc1cc(N)cnc1NC(=O)O. The number of nitrogen functional groups attached to an aromatic ring is 1. The van der Waals surface area contributed by atoms with Crippen LogP contribution in [0.5, 0.6) is 0 Å². The largest absolute Gasteiger partial charge is 0.465 e. The topological polar surface area (TPSA) is 88.2 Å². The summed E-state index contributed by atoms with van der Waals surface area (Å²) in [5, 5.41) is 10.5. The van der Waals surface area contributed by atoms with Crippen molar-refractivity contribution in [3.05, 3.63) is 17.8 Å². The van der Waals surface area contributed by atoms with E-state index < -0.39 is 6.09 Å². The number of rotatable bonds is 1. The van der Waals surface area contributed by atoms with E-state index in [1.165, 1.54) is 6.20 Å². The molecule has 5 heteroatoms. The number of hydrogen-bond acceptors (Lipinski definition) is 3. The first-order valence-electron chi connectivity index (χ1n) is 3.31. The highest BCUT2D eigenvalue weighted by molar-refractivity contribution is 5.82. The highest BCUT2D eigenvalue weighted by Crippen LogP contribution is 2.13. The second-order valence-electron chi connectivity index (χ2n) is 2.36. The molecule has 1 rings (SSSR count). The summed E-state index contributed by atoms with van der Waals surface area (Å²) in [6, 6.07) is 1.65. The Morgan fingerprint density at radius 1 is 1.75 bits per heavy atom. The zero-order valence-corrected chi connectivity index (χ0v) is 6.53. The van der Waals surface area contributed by atoms with Crippen LogP contribution in [0.15, 0.2) is 12.3 Å². The molecule has 0 aliphatic rings. The van der Waals surface area contributed by atoms with Gasteiger partial charge in [-0.1, -0.05) is 0 Å². The van der Waals surface area contributed by atoms with Crippen LogP contribution in [0.3, 0.4) is 0 Å². The van der Waals surface area contributed by atoms with Crippen molar-refractivity contribution in [1.82, 2.24) is 4.98 Å². The molecule has 1 aromatic rings. The fourth-order valence-electron chi connectivity index (χ4n) is 0.829. The Morgan fingerprint density at radius 2 is 2.42 bits per heavy atom. The number of nitrogens with one attached hydrogen (secondary N) is 1. The van der Waals surface area contributed by atoms with Crippen molar-refractivity contribution in [2.24, 2.45) is 0 Å². The maximum absolute atomic E-state index is 10.2. The molecule has 0 aliphatic heterocycles. The van der Waals surface area contributed by atoms with Gasteiger partial charge in [-0.25, -0.2) is 9.78 Å². The molecule has 0 atom stereocenters. The minimum Gasteiger partial charge on any atom is -0.465 e. The van der Waals surface area contributed by atoms with Gasteiger partial charge >= 0.3 is 6.09 Å². The Balaban J connectivity index is 2.93. The Bertz CT molecular complexity index is 312. The normalized spacial score (nSPS) is 9.42. The Labute approximate surface area is 69.2 Å². The number of aromatic nitrogens is 1. The maximum atomic E-state index is 10.2. The highest BCUT2D eigenvalue weighted by atomic mass is 16.4. The van der Waals surface area contributed by atoms with Crippen molar-refractivity contribution in [1.29, 1.82) is 0 Å². The van der Waals surface area contributed by atoms with Crippen molar-refractivity contribution in [2.75, 3.05) is 11.1 Å². The van der Waals surface area contributed by atoms with Gasteiger partial charge in [-0.15, -0.1) is 0 Å². The Kier molecular flexibility index (Phi) is 2.14. The fraction of sp³-hybridized carbons (Fsp3) is 0.143. The molecule has 0 bridgehead atoms. The summed E-state index contributed by atoms with van der Waals surface area (Å²) < 4.78 is 0. The second-order valence-corrected chi connectivity index (χ2v) is 2.36. The Hall–Kier alpha value is -1.78. The summed E-state index contributed by atoms with van der Waals surface area (Å²) in [5.74, 6) is 0.316. The van der Waals surface area contributed by atoms with Crippen molar-refractivity contribution in [3.63, 3.8) is 0 Å². The van der Waals surface area contributed by atoms with E-state index in [1.54, 1.807) is 13.0 Å². The van der Waals surface area contributed by atoms with Crippen LogP contribution in [0.1, 0.15) is 5.56 Å². The smallest absolute Gasteiger partial charge is 0.410 e. The fourth-order valence-corrected chi connectivity index (χ4v) is 0.829. The number of amides is 1. The number of pyridine rings is 1. The molecule has 0 saturated heterocycles. The van der Waals surface area contributed by atoms with Crippen LogP contribution in [0.25, 0.3) is 0 Å². The molecule has 0 fully saturated rings. The van der Waals surface area contributed by atoms with Gasteiger partial charge in [-0.05, 0) is 18.6 Å². The maximum Gasteiger partial charge on any atom is 0.410 e. The molecule has 4 N–H and O–H groups in total. The predicted octanol–water partition coefficient (Wildman–Crippen LogP) is 1.06. The lowest BCUT2D eigenvalue weighted by Crippen LogP contribution is -2.10. The third-order valence-corrected chi connectivity index (χ3v) is 1.32. The summed E-state index contributed by atoms with van der Waals surface area (Å²) in [6.45, 7) is 1.73. The van der Waals surface area contributed by atoms with Gasteiger partial charge in [0, 0.05) is 0 Å². The van der Waals surface area contributed by atoms with E-state index >= 15 is 0 Å². The molecule has 0 unspecified atom stereocenters. The van der Waals surface area contributed by atoms with Crippen LogP contribution in [-0.2, 0) is 0 Å². The van der Waals surface area contributed by atoms with Crippen molar-refractivity contribution < 1.29 is 9.90 Å². The van der Waals surface area contributed by atoms with Crippen molar-refractivity contribution >= 4 is 17.6 Å². The summed E-state index contributed by atoms with van der Waals surface area (Å²) in [7, 11) is 0. The number of anilines is 2. The van der Waals surface area contributed by atoms with Crippen molar-refractivity contribution in [2.45, 2.75) is 6.92 Å². The third kappa shape index (κ3) is 1.85. The molecule has 0 aliphatic carbocycles. The molecule has 0 aromatic carbocycles. The van der Waals surface area contributed by atoms with Gasteiger partial charge in [0.15, 0.2) is 0 Å². The molecule has 0 saturated carbocycles. The van der Waals surface area contributed by atoms with E-state index in [0.717, 1.165) is 0 Å². The van der Waals surface area contributed by atoms with Crippen LogP contribution in [0.4, 0.5) is 16.3 Å². The zero-order chi connectivity index (χ0) is 9.14. The number of carbonyl (C=O) groups is 1. The van der Waals surface area contributed by atoms with Gasteiger partial charge in [0.1, 0.15) is 5.82 Å². The summed E-state index contributed by atoms with van der Waals surface area (Å²) in [4.78, 5) is 14.0. The summed E-state index contributed by atoms with van der Waals surface area (Å²) >= 11 is 0. The summed E-state index contributed by atoms with van der Waals surface area (Å²) in [5.41, 5.74) is 6.64. The molecule has 12 heavy (non-hydrogen) atoms. The number of nitrogens with two attached hydrogens (primary N) is 1. The van der Waals surface area contributed by atoms with Gasteiger partial charge in [0.2, 0.25) is 0 Å². The zero-order valence-electron chi connectivity index (χ0n) is 6.53. The van der Waals surface area contributed by atoms with Crippen LogP contribution in [0.2, 0.25) is 0 Å². The van der Waals surface area contributed by atoms with E-state index in [0.29, 0.717) is 17.1 Å². The molecule has 1 aromatic heterocycles. The van der Waals surface area contributed by atoms with E-state index in [9.17, 15) is 4.79 Å². The van der Waals surface area contributed by atoms with E-state index in [4.69, 9.17) is 10.8 Å². The van der Waals surface area contributed by atoms with Crippen LogP contribution >= 0.6 is 0 Å². The van der Waals surface area contributed by atoms with E-state index in [-0.39, 0.29) is 0 Å². The molecule has 64 valence electrons. The molecule has 1 heterocycles. The van der Waals surface area contributed by atoms with Crippen LogP contribution < -0.4 is 11.1 Å². The van der Waals surface area contributed by atoms with Gasteiger partial charge in [0.05, 0.1) is 11.9 Å². The number of aryl methyl sites for hydroxylation is 1. The minimum atomic E-state index is -1.13. The predicted molar refractivity (Wildman–Crippen MR) is 45.0 cm³/mol. The lowest BCUT2D eigenvalue weighted by atomic mass is 10.3. The van der Waals surface area contributed by atoms with Crippen LogP contribution in [0, 0.1) is 6.92 Å². The molecule has 0 radical (unpaired) electrons. The van der Waals surface area contributed by atoms with Gasteiger partial charge in [0.25, 0.3) is 0 Å². The quantitative estimate of drug-likeness (QED) is 0.583. The average Bonchev–Trinajstić information content (AvgIpc) is 1.94. The van der Waals surface area contributed by atoms with E-state index in [2.05, 4.69) is 10.3 Å². The standard InChI is InChI=1S/C7H9N3O2/c1-4-2-5(8)3-9-6(4)10-7(11)12/h2-3H,8H2,1H3,(H,9,10)(H,11,12). The van der Waals surface area contributed by atoms with Gasteiger partial charge in [-0.2, -0.15) is 0 Å². The monoisotopic (exact) mass is 167 g/mol. The van der Waals surface area contributed by atoms with Crippen LogP contribution in [-0.4, -0.2) is 16.2 Å². The number of carboxylic acid groups (broad SMARTS) is 1. The highest BCUT2D eigenvalue weighted by Gasteiger charge is 2.02. The minimum absolute atomic E-state index is 0.316.